The maximum atomic E-state index is 12.2. The molecule has 1 aliphatic heterocycles. The molecule has 7 nitrogen and oxygen atoms in total. The summed E-state index contributed by atoms with van der Waals surface area (Å²) >= 11 is 6.17. The van der Waals surface area contributed by atoms with Gasteiger partial charge in [-0.25, -0.2) is 19.7 Å². The van der Waals surface area contributed by atoms with E-state index in [1.807, 2.05) is 20.8 Å². The zero-order chi connectivity index (χ0) is 18.7. The molecule has 2 aromatic heterocycles. The molecule has 1 amide bonds. The lowest BCUT2D eigenvalue weighted by Crippen LogP contribution is -2.55. The molecular weight excluding hydrogens is 356 g/mol. The maximum Gasteiger partial charge on any atom is 0.410 e. The third-order valence-corrected chi connectivity index (χ3v) is 4.20. The molecule has 0 N–H and O–H groups in total. The van der Waals surface area contributed by atoms with Gasteiger partial charge in [-0.2, -0.15) is 0 Å². The number of carbonyl (C=O) groups is 1. The average molecular weight is 377 g/mol. The number of halogens is 1. The molecule has 1 aliphatic rings. The summed E-state index contributed by atoms with van der Waals surface area (Å²) in [6.45, 7) is 6.60. The van der Waals surface area contributed by atoms with Crippen LogP contribution >= 0.6 is 11.6 Å². The smallest absolute Gasteiger partial charge is 0.410 e. The lowest BCUT2D eigenvalue weighted by Gasteiger charge is -2.40. The zero-order valence-corrected chi connectivity index (χ0v) is 15.7. The number of aromatic nitrogens is 3. The number of ether oxygens (including phenoxy) is 2. The van der Waals surface area contributed by atoms with E-state index in [1.165, 1.54) is 6.33 Å². The van der Waals surface area contributed by atoms with E-state index in [0.717, 1.165) is 12.0 Å². The van der Waals surface area contributed by atoms with Crippen LogP contribution in [0, 0.1) is 0 Å². The van der Waals surface area contributed by atoms with Crippen molar-refractivity contribution >= 4 is 17.7 Å². The van der Waals surface area contributed by atoms with Crippen LogP contribution < -0.4 is 4.74 Å². The van der Waals surface area contributed by atoms with E-state index >= 15 is 0 Å². The summed E-state index contributed by atoms with van der Waals surface area (Å²) < 4.78 is 11.2. The van der Waals surface area contributed by atoms with Crippen LogP contribution in [0.25, 0.3) is 11.1 Å². The third-order valence-electron chi connectivity index (χ3n) is 3.90. The van der Waals surface area contributed by atoms with Gasteiger partial charge in [0, 0.05) is 30.1 Å². The predicted molar refractivity (Wildman–Crippen MR) is 97.1 cm³/mol. The number of rotatable bonds is 4. The summed E-state index contributed by atoms with van der Waals surface area (Å²) in [5.41, 5.74) is 0.946. The van der Waals surface area contributed by atoms with E-state index in [-0.39, 0.29) is 12.1 Å². The van der Waals surface area contributed by atoms with Gasteiger partial charge in [0.2, 0.25) is 0 Å². The van der Waals surface area contributed by atoms with Crippen LogP contribution in [-0.4, -0.2) is 50.7 Å². The fraction of sp³-hybridized carbons (Fsp3) is 0.444. The molecule has 0 saturated carbocycles. The van der Waals surface area contributed by atoms with Crippen LogP contribution in [0.5, 0.6) is 5.75 Å². The number of amides is 1. The standard InChI is InChI=1S/C18H21ClN4O3/c1-18(2,3)26-17(24)23-5-4-13(23)10-25-14-6-15(16(19)22-9-14)12-7-20-11-21-8-12/h6-9,11,13H,4-5,10H2,1-3H3/t13-/m1/s1. The highest BCUT2D eigenvalue weighted by atomic mass is 35.5. The zero-order valence-electron chi connectivity index (χ0n) is 15.0. The highest BCUT2D eigenvalue weighted by Crippen LogP contribution is 2.29. The molecular formula is C18H21ClN4O3. The summed E-state index contributed by atoms with van der Waals surface area (Å²) in [6, 6.07) is 1.79. The summed E-state index contributed by atoms with van der Waals surface area (Å²) in [5, 5.41) is 0.353. The Bertz CT molecular complexity index is 780. The molecule has 1 saturated heterocycles. The molecule has 26 heavy (non-hydrogen) atoms. The van der Waals surface area contributed by atoms with E-state index in [1.54, 1.807) is 29.6 Å². The number of carbonyl (C=O) groups excluding carboxylic acids is 1. The molecule has 0 bridgehead atoms. The quantitative estimate of drug-likeness (QED) is 0.759. The molecule has 138 valence electrons. The molecule has 0 aliphatic carbocycles. The molecule has 0 aromatic carbocycles. The second-order valence-electron chi connectivity index (χ2n) is 7.06. The Labute approximate surface area is 157 Å². The Balaban J connectivity index is 1.63. The second-order valence-corrected chi connectivity index (χ2v) is 7.42. The second kappa shape index (κ2) is 7.45. The third kappa shape index (κ3) is 4.40. The number of nitrogens with zero attached hydrogens (tertiary/aromatic N) is 4. The first kappa shape index (κ1) is 18.4. The monoisotopic (exact) mass is 376 g/mol. The Hall–Kier alpha value is -2.41. The highest BCUT2D eigenvalue weighted by molar-refractivity contribution is 6.32. The van der Waals surface area contributed by atoms with Crippen LogP contribution in [-0.2, 0) is 4.74 Å². The van der Waals surface area contributed by atoms with E-state index in [2.05, 4.69) is 15.0 Å². The van der Waals surface area contributed by atoms with Gasteiger partial charge in [0.05, 0.1) is 12.2 Å². The first-order valence-corrected chi connectivity index (χ1v) is 8.74. The van der Waals surface area contributed by atoms with Crippen LogP contribution in [0.3, 0.4) is 0 Å². The van der Waals surface area contributed by atoms with Crippen molar-refractivity contribution in [3.63, 3.8) is 0 Å². The Morgan fingerprint density at radius 3 is 2.65 bits per heavy atom. The molecule has 3 heterocycles. The lowest BCUT2D eigenvalue weighted by atomic mass is 10.1. The van der Waals surface area contributed by atoms with Gasteiger partial charge in [-0.1, -0.05) is 11.6 Å². The first-order chi connectivity index (χ1) is 12.3. The van der Waals surface area contributed by atoms with Crippen molar-refractivity contribution in [2.24, 2.45) is 0 Å². The molecule has 8 heteroatoms. The van der Waals surface area contributed by atoms with Crippen molar-refractivity contribution in [1.82, 2.24) is 19.9 Å². The predicted octanol–water partition coefficient (Wildman–Crippen LogP) is 3.58. The first-order valence-electron chi connectivity index (χ1n) is 8.37. The normalized spacial score (nSPS) is 16.8. The molecule has 1 atom stereocenters. The van der Waals surface area contributed by atoms with Crippen molar-refractivity contribution in [2.45, 2.75) is 38.8 Å². The van der Waals surface area contributed by atoms with Crippen molar-refractivity contribution in [2.75, 3.05) is 13.2 Å². The minimum atomic E-state index is -0.509. The largest absolute Gasteiger partial charge is 0.490 e. The van der Waals surface area contributed by atoms with Crippen LogP contribution in [0.2, 0.25) is 5.15 Å². The van der Waals surface area contributed by atoms with Crippen molar-refractivity contribution in [3.05, 3.63) is 36.1 Å². The minimum Gasteiger partial charge on any atom is -0.490 e. The van der Waals surface area contributed by atoms with E-state index in [0.29, 0.717) is 29.6 Å². The van der Waals surface area contributed by atoms with Gasteiger partial charge in [0.15, 0.2) is 0 Å². The molecule has 1 fully saturated rings. The van der Waals surface area contributed by atoms with Gasteiger partial charge in [-0.15, -0.1) is 0 Å². The summed E-state index contributed by atoms with van der Waals surface area (Å²) in [6.07, 6.45) is 6.90. The SMILES string of the molecule is CC(C)(C)OC(=O)N1CC[C@@H]1COc1cnc(Cl)c(-c2cncnc2)c1. The Kier molecular flexibility index (Phi) is 5.27. The number of hydrogen-bond acceptors (Lipinski definition) is 6. The topological polar surface area (TPSA) is 77.4 Å². The number of likely N-dealkylation sites (tertiary alicyclic amines) is 1. The summed E-state index contributed by atoms with van der Waals surface area (Å²) in [4.78, 5) is 26.0. The molecule has 0 unspecified atom stereocenters. The van der Waals surface area contributed by atoms with E-state index in [4.69, 9.17) is 21.1 Å². The van der Waals surface area contributed by atoms with E-state index in [9.17, 15) is 4.79 Å². The Morgan fingerprint density at radius 1 is 1.31 bits per heavy atom. The molecule has 3 rings (SSSR count). The van der Waals surface area contributed by atoms with E-state index < -0.39 is 5.60 Å². The van der Waals surface area contributed by atoms with Crippen molar-refractivity contribution in [3.8, 4) is 16.9 Å². The number of pyridine rings is 1. The van der Waals surface area contributed by atoms with Gasteiger partial charge in [0.25, 0.3) is 0 Å². The highest BCUT2D eigenvalue weighted by Gasteiger charge is 2.35. The van der Waals surface area contributed by atoms with Gasteiger partial charge < -0.3 is 14.4 Å². The lowest BCUT2D eigenvalue weighted by molar-refractivity contribution is -0.0141. The van der Waals surface area contributed by atoms with Gasteiger partial charge in [-0.05, 0) is 33.3 Å². The molecule has 2 aromatic rings. The maximum absolute atomic E-state index is 12.2. The minimum absolute atomic E-state index is 0.0102. The molecule has 0 spiro atoms. The molecule has 0 radical (unpaired) electrons. The van der Waals surface area contributed by atoms with Crippen molar-refractivity contribution < 1.29 is 14.3 Å². The van der Waals surface area contributed by atoms with Crippen molar-refractivity contribution in [1.29, 1.82) is 0 Å². The fourth-order valence-corrected chi connectivity index (χ4v) is 2.73. The summed E-state index contributed by atoms with van der Waals surface area (Å²) in [7, 11) is 0. The van der Waals surface area contributed by atoms with Gasteiger partial charge >= 0.3 is 6.09 Å². The fourth-order valence-electron chi connectivity index (χ4n) is 2.52. The average Bonchev–Trinajstić information content (AvgIpc) is 2.54. The summed E-state index contributed by atoms with van der Waals surface area (Å²) in [5.74, 6) is 0.573. The van der Waals surface area contributed by atoms with Crippen LogP contribution in [0.15, 0.2) is 31.0 Å². The Morgan fingerprint density at radius 2 is 2.04 bits per heavy atom. The number of hydrogen-bond donors (Lipinski definition) is 0. The van der Waals surface area contributed by atoms with Gasteiger partial charge in [-0.3, -0.25) is 0 Å². The van der Waals surface area contributed by atoms with Gasteiger partial charge in [0.1, 0.15) is 29.4 Å². The van der Waals surface area contributed by atoms with Crippen LogP contribution in [0.1, 0.15) is 27.2 Å². The van der Waals surface area contributed by atoms with Crippen LogP contribution in [0.4, 0.5) is 4.79 Å².